The van der Waals surface area contributed by atoms with Crippen LogP contribution < -0.4 is 15.8 Å². The minimum absolute atomic E-state index is 0.429. The third-order valence-electron chi connectivity index (χ3n) is 3.29. The van der Waals surface area contributed by atoms with Gasteiger partial charge in [0, 0.05) is 17.8 Å². The second-order valence-electron chi connectivity index (χ2n) is 6.74. The number of carbonyl (C=O) groups excluding carboxylic acids is 1. The topological polar surface area (TPSA) is 99.4 Å². The van der Waals surface area contributed by atoms with E-state index in [1.165, 1.54) is 11.3 Å². The highest BCUT2D eigenvalue weighted by Gasteiger charge is 2.16. The van der Waals surface area contributed by atoms with Crippen LogP contribution in [0.1, 0.15) is 26.3 Å². The van der Waals surface area contributed by atoms with E-state index in [0.717, 1.165) is 11.1 Å². The molecule has 2 heterocycles. The fraction of sp³-hybridized carbons (Fsp3) is 0.278. The molecular weight excluding hydrogens is 352 g/mol. The number of thiazole rings is 1. The number of nitrogens with zero attached hydrogens (tertiary/aromatic N) is 2. The monoisotopic (exact) mass is 372 g/mol. The van der Waals surface area contributed by atoms with Crippen molar-refractivity contribution in [2.45, 2.75) is 33.3 Å². The summed E-state index contributed by atoms with van der Waals surface area (Å²) in [5.74, 6) is 1.02. The molecule has 0 saturated heterocycles. The largest absolute Gasteiger partial charge is 0.444 e. The fourth-order valence-electron chi connectivity index (χ4n) is 2.20. The summed E-state index contributed by atoms with van der Waals surface area (Å²) in [5.41, 5.74) is 7.35. The number of pyridine rings is 1. The van der Waals surface area contributed by atoms with Crippen molar-refractivity contribution in [3.05, 3.63) is 35.9 Å². The van der Waals surface area contributed by atoms with Crippen LogP contribution in [0.2, 0.25) is 0 Å². The van der Waals surface area contributed by atoms with Crippen LogP contribution in [0.25, 0.3) is 10.3 Å². The number of fused-ring (bicyclic) bond motifs is 1. The number of carbonyl (C=O) groups is 1. The number of nitrogens with one attached hydrogen (secondary N) is 1. The molecule has 2 aromatic heterocycles. The summed E-state index contributed by atoms with van der Waals surface area (Å²) in [6, 6.07) is 8.90. The Balaban J connectivity index is 1.79. The van der Waals surface area contributed by atoms with Gasteiger partial charge in [-0.15, -0.1) is 0 Å². The molecular formula is C18H20N4O3S. The van der Waals surface area contributed by atoms with Gasteiger partial charge in [0.25, 0.3) is 0 Å². The molecule has 0 aliphatic heterocycles. The lowest BCUT2D eigenvalue weighted by atomic mass is 10.2. The SMILES string of the molecule is Cc1ccc(NC(=O)OC(C)(C)C)cc1Oc1ccc2nc(N)sc2n1. The van der Waals surface area contributed by atoms with Gasteiger partial charge in [0.2, 0.25) is 5.88 Å². The maximum Gasteiger partial charge on any atom is 0.412 e. The normalized spacial score (nSPS) is 11.4. The summed E-state index contributed by atoms with van der Waals surface area (Å²) < 4.78 is 11.1. The van der Waals surface area contributed by atoms with Gasteiger partial charge in [0.05, 0.1) is 0 Å². The number of hydrogen-bond acceptors (Lipinski definition) is 7. The summed E-state index contributed by atoms with van der Waals surface area (Å²) in [5, 5.41) is 3.16. The summed E-state index contributed by atoms with van der Waals surface area (Å²) >= 11 is 1.30. The van der Waals surface area contributed by atoms with Gasteiger partial charge in [-0.3, -0.25) is 5.32 Å². The van der Waals surface area contributed by atoms with Gasteiger partial charge < -0.3 is 15.2 Å². The van der Waals surface area contributed by atoms with Crippen LogP contribution in [-0.2, 0) is 4.74 Å². The van der Waals surface area contributed by atoms with Crippen LogP contribution in [0.3, 0.4) is 0 Å². The van der Waals surface area contributed by atoms with Crippen molar-refractivity contribution in [3.8, 4) is 11.6 Å². The molecule has 0 aliphatic carbocycles. The summed E-state index contributed by atoms with van der Waals surface area (Å²) in [7, 11) is 0. The standard InChI is InChI=1S/C18H20N4O3S/c1-10-5-6-11(20-17(23)25-18(2,3)4)9-13(10)24-14-8-7-12-15(22-14)26-16(19)21-12/h5-9H,1-4H3,(H2,19,21)(H,20,23). The highest BCUT2D eigenvalue weighted by molar-refractivity contribution is 7.21. The van der Waals surface area contributed by atoms with E-state index < -0.39 is 11.7 Å². The van der Waals surface area contributed by atoms with E-state index in [1.807, 2.05) is 39.8 Å². The Morgan fingerprint density at radius 2 is 1.96 bits per heavy atom. The summed E-state index contributed by atoms with van der Waals surface area (Å²) in [4.78, 5) is 21.2. The second-order valence-corrected chi connectivity index (χ2v) is 7.74. The maximum absolute atomic E-state index is 11.9. The zero-order valence-electron chi connectivity index (χ0n) is 15.0. The van der Waals surface area contributed by atoms with Crippen molar-refractivity contribution in [2.75, 3.05) is 11.1 Å². The van der Waals surface area contributed by atoms with Crippen molar-refractivity contribution in [2.24, 2.45) is 0 Å². The van der Waals surface area contributed by atoms with Crippen LogP contribution in [0.15, 0.2) is 30.3 Å². The molecule has 26 heavy (non-hydrogen) atoms. The molecule has 0 saturated carbocycles. The minimum atomic E-state index is -0.565. The van der Waals surface area contributed by atoms with E-state index in [2.05, 4.69) is 15.3 Å². The Bertz CT molecular complexity index is 963. The third kappa shape index (κ3) is 4.40. The van der Waals surface area contributed by atoms with E-state index in [4.69, 9.17) is 15.2 Å². The van der Waals surface area contributed by atoms with E-state index in [0.29, 0.717) is 27.3 Å². The van der Waals surface area contributed by atoms with Crippen LogP contribution >= 0.6 is 11.3 Å². The average Bonchev–Trinajstić information content (AvgIpc) is 2.88. The van der Waals surface area contributed by atoms with Crippen molar-refractivity contribution >= 4 is 38.6 Å². The van der Waals surface area contributed by atoms with Crippen LogP contribution in [0, 0.1) is 6.92 Å². The first-order chi connectivity index (χ1) is 12.2. The van der Waals surface area contributed by atoms with Crippen molar-refractivity contribution in [1.29, 1.82) is 0 Å². The number of benzene rings is 1. The van der Waals surface area contributed by atoms with Gasteiger partial charge in [-0.1, -0.05) is 17.4 Å². The lowest BCUT2D eigenvalue weighted by molar-refractivity contribution is 0.0636. The number of ether oxygens (including phenoxy) is 2. The number of hydrogen-bond donors (Lipinski definition) is 2. The van der Waals surface area contributed by atoms with Gasteiger partial charge in [0.15, 0.2) is 5.13 Å². The van der Waals surface area contributed by atoms with Crippen molar-refractivity contribution in [1.82, 2.24) is 9.97 Å². The molecule has 136 valence electrons. The van der Waals surface area contributed by atoms with Gasteiger partial charge in [-0.25, -0.2) is 14.8 Å². The molecule has 1 amide bonds. The Hall–Kier alpha value is -2.87. The number of aryl methyl sites for hydroxylation is 1. The van der Waals surface area contributed by atoms with E-state index >= 15 is 0 Å². The molecule has 1 aromatic carbocycles. The zero-order chi connectivity index (χ0) is 18.9. The highest BCUT2D eigenvalue weighted by Crippen LogP contribution is 2.30. The number of anilines is 2. The van der Waals surface area contributed by atoms with Gasteiger partial charge in [-0.2, -0.15) is 0 Å². The number of rotatable bonds is 3. The maximum atomic E-state index is 11.9. The minimum Gasteiger partial charge on any atom is -0.444 e. The van der Waals surface area contributed by atoms with Gasteiger partial charge in [0.1, 0.15) is 21.7 Å². The molecule has 0 radical (unpaired) electrons. The van der Waals surface area contributed by atoms with E-state index in [-0.39, 0.29) is 0 Å². The van der Waals surface area contributed by atoms with Crippen LogP contribution in [0.4, 0.5) is 15.6 Å². The molecule has 8 heteroatoms. The number of amides is 1. The molecule has 3 N–H and O–H groups in total. The van der Waals surface area contributed by atoms with E-state index in [9.17, 15) is 4.79 Å². The van der Waals surface area contributed by atoms with E-state index in [1.54, 1.807) is 18.2 Å². The predicted molar refractivity (Wildman–Crippen MR) is 103 cm³/mol. The first-order valence-corrected chi connectivity index (χ1v) is 8.83. The number of aromatic nitrogens is 2. The van der Waals surface area contributed by atoms with Crippen LogP contribution in [0.5, 0.6) is 11.6 Å². The third-order valence-corrected chi connectivity index (χ3v) is 4.09. The highest BCUT2D eigenvalue weighted by atomic mass is 32.1. The molecule has 0 fully saturated rings. The Morgan fingerprint density at radius 3 is 2.69 bits per heavy atom. The molecule has 3 aromatic rings. The summed E-state index contributed by atoms with van der Waals surface area (Å²) in [6.07, 6.45) is -0.521. The second kappa shape index (κ2) is 6.80. The average molecular weight is 372 g/mol. The van der Waals surface area contributed by atoms with Crippen molar-refractivity contribution in [3.63, 3.8) is 0 Å². The van der Waals surface area contributed by atoms with Crippen molar-refractivity contribution < 1.29 is 14.3 Å². The fourth-order valence-corrected chi connectivity index (χ4v) is 2.89. The molecule has 0 unspecified atom stereocenters. The lowest BCUT2D eigenvalue weighted by Crippen LogP contribution is -2.27. The first-order valence-electron chi connectivity index (χ1n) is 8.01. The number of nitrogen functional groups attached to an aromatic ring is 1. The zero-order valence-corrected chi connectivity index (χ0v) is 15.8. The lowest BCUT2D eigenvalue weighted by Gasteiger charge is -2.20. The molecule has 0 atom stereocenters. The predicted octanol–water partition coefficient (Wildman–Crippen LogP) is 4.72. The Labute approximate surface area is 155 Å². The Kier molecular flexibility index (Phi) is 4.69. The van der Waals surface area contributed by atoms with Gasteiger partial charge in [-0.05, 0) is 45.4 Å². The summed E-state index contributed by atoms with van der Waals surface area (Å²) in [6.45, 7) is 7.34. The smallest absolute Gasteiger partial charge is 0.412 e. The quantitative estimate of drug-likeness (QED) is 0.690. The van der Waals surface area contributed by atoms with Gasteiger partial charge >= 0.3 is 6.09 Å². The molecule has 7 nitrogen and oxygen atoms in total. The first kappa shape index (κ1) is 17.9. The molecule has 0 bridgehead atoms. The van der Waals surface area contributed by atoms with Crippen LogP contribution in [-0.4, -0.2) is 21.7 Å². The molecule has 0 aliphatic rings. The molecule has 3 rings (SSSR count). The molecule has 0 spiro atoms. The Morgan fingerprint density at radius 1 is 1.19 bits per heavy atom. The number of nitrogens with two attached hydrogens (primary N) is 1.